The zero-order valence-electron chi connectivity index (χ0n) is 22.6. The van der Waals surface area contributed by atoms with Gasteiger partial charge >= 0.3 is 8.56 Å². The summed E-state index contributed by atoms with van der Waals surface area (Å²) in [6.07, 6.45) is 5.68. The van der Waals surface area contributed by atoms with Gasteiger partial charge in [-0.05, 0) is 50.4 Å². The number of rotatable bonds is 10. The summed E-state index contributed by atoms with van der Waals surface area (Å²) >= 11 is 0. The molecule has 6 rings (SSSR count). The Morgan fingerprint density at radius 1 is 0.450 bits per heavy atom. The Balaban J connectivity index is 1.56. The van der Waals surface area contributed by atoms with Crippen molar-refractivity contribution in [2.45, 2.75) is 19.3 Å². The first-order valence-corrected chi connectivity index (χ1v) is 19.2. The molecule has 0 amide bonds. The van der Waals surface area contributed by atoms with Crippen LogP contribution in [0.3, 0.4) is 0 Å². The number of benzene rings is 5. The average molecular weight is 571 g/mol. The Bertz CT molecular complexity index is 1350. The lowest BCUT2D eigenvalue weighted by molar-refractivity contribution is 0.434. The van der Waals surface area contributed by atoms with Crippen molar-refractivity contribution in [2.75, 3.05) is 0 Å². The third-order valence-corrected chi connectivity index (χ3v) is 18.5. The molecule has 0 aromatic heterocycles. The lowest BCUT2D eigenvalue weighted by Gasteiger charge is -2.39. The maximum absolute atomic E-state index is 7.78. The fourth-order valence-electron chi connectivity index (χ4n) is 5.63. The van der Waals surface area contributed by atoms with Gasteiger partial charge in [0.15, 0.2) is 0 Å². The van der Waals surface area contributed by atoms with Gasteiger partial charge in [0.2, 0.25) is 18.1 Å². The normalized spacial score (nSPS) is 13.5. The maximum atomic E-state index is 7.78. The molecule has 5 aromatic rings. The highest BCUT2D eigenvalue weighted by molar-refractivity contribution is 7.01. The second-order valence-electron chi connectivity index (χ2n) is 10.2. The van der Waals surface area contributed by atoms with E-state index in [-0.39, 0.29) is 0 Å². The van der Waals surface area contributed by atoms with Crippen molar-refractivity contribution < 1.29 is 8.23 Å². The SMILES string of the molecule is C1=C([Si](O[SiH](c2ccccc2)c2ccccc2)(O[SiH](c2ccccc2)c2ccccc2)c2ccccc2)CCC1. The van der Waals surface area contributed by atoms with E-state index in [1.807, 2.05) is 0 Å². The molecule has 0 unspecified atom stereocenters. The van der Waals surface area contributed by atoms with Gasteiger partial charge in [0.1, 0.15) is 0 Å². The van der Waals surface area contributed by atoms with Crippen LogP contribution in [-0.4, -0.2) is 26.6 Å². The van der Waals surface area contributed by atoms with Gasteiger partial charge in [-0.25, -0.2) is 0 Å². The molecule has 0 saturated carbocycles. The molecule has 40 heavy (non-hydrogen) atoms. The summed E-state index contributed by atoms with van der Waals surface area (Å²) in [5, 5.41) is 7.70. The second-order valence-corrected chi connectivity index (χ2v) is 18.8. The molecule has 0 spiro atoms. The minimum absolute atomic E-state index is 1.02. The zero-order valence-corrected chi connectivity index (χ0v) is 25.9. The van der Waals surface area contributed by atoms with Crippen LogP contribution in [0, 0.1) is 0 Å². The fourth-order valence-corrected chi connectivity index (χ4v) is 18.5. The molecule has 0 saturated heterocycles. The summed E-state index contributed by atoms with van der Waals surface area (Å²) in [6, 6.07) is 54.2. The summed E-state index contributed by atoms with van der Waals surface area (Å²) in [5.41, 5.74) is 0. The molecule has 0 atom stereocenters. The summed E-state index contributed by atoms with van der Waals surface area (Å²) in [7, 11) is -7.37. The van der Waals surface area contributed by atoms with Gasteiger partial charge in [0, 0.05) is 0 Å². The van der Waals surface area contributed by atoms with Crippen LogP contribution < -0.4 is 25.9 Å². The van der Waals surface area contributed by atoms with E-state index in [4.69, 9.17) is 8.23 Å². The first-order valence-electron chi connectivity index (χ1n) is 14.1. The van der Waals surface area contributed by atoms with Crippen LogP contribution in [0.25, 0.3) is 0 Å². The third kappa shape index (κ3) is 5.80. The van der Waals surface area contributed by atoms with Crippen molar-refractivity contribution in [1.82, 2.24) is 0 Å². The largest absolute Gasteiger partial charge is 0.424 e. The number of allylic oxidation sites excluding steroid dienone is 2. The van der Waals surface area contributed by atoms with Crippen LogP contribution in [-0.2, 0) is 8.23 Å². The quantitative estimate of drug-likeness (QED) is 0.236. The van der Waals surface area contributed by atoms with Crippen molar-refractivity contribution in [1.29, 1.82) is 0 Å². The highest BCUT2D eigenvalue weighted by Gasteiger charge is 2.49. The first-order chi connectivity index (χ1) is 19.8. The van der Waals surface area contributed by atoms with Gasteiger partial charge in [-0.15, -0.1) is 0 Å². The molecule has 1 aliphatic carbocycles. The third-order valence-electron chi connectivity index (χ3n) is 7.59. The first kappa shape index (κ1) is 26.6. The van der Waals surface area contributed by atoms with Gasteiger partial charge in [0.25, 0.3) is 0 Å². The van der Waals surface area contributed by atoms with Crippen molar-refractivity contribution in [3.8, 4) is 0 Å². The standard InChI is InChI=1S/C35H34O2Si3/c1-6-18-30(19-7-1)38(31-20-8-2-9-21-31)36-40(35-28-16-17-29-35,34-26-14-5-15-27-34)37-39(32-22-10-3-11-23-32)33-24-12-4-13-25-33/h1-15,18-28,38-39H,16-17,29H2. The predicted octanol–water partition coefficient (Wildman–Crippen LogP) is 4.09. The highest BCUT2D eigenvalue weighted by Crippen LogP contribution is 2.30. The molecule has 0 radical (unpaired) electrons. The molecular formula is C35H34O2Si3. The van der Waals surface area contributed by atoms with Crippen molar-refractivity contribution >= 4 is 52.6 Å². The summed E-state index contributed by atoms with van der Waals surface area (Å²) in [4.78, 5) is 0. The van der Waals surface area contributed by atoms with E-state index in [2.05, 4.69) is 158 Å². The van der Waals surface area contributed by atoms with Gasteiger partial charge in [-0.3, -0.25) is 0 Å². The fraction of sp³-hybridized carbons (Fsp3) is 0.0857. The van der Waals surface area contributed by atoms with Gasteiger partial charge < -0.3 is 8.23 Å². The van der Waals surface area contributed by atoms with Gasteiger partial charge in [0.05, 0.1) is 0 Å². The number of hydrogen-bond acceptors (Lipinski definition) is 2. The van der Waals surface area contributed by atoms with E-state index in [0.717, 1.165) is 19.3 Å². The monoisotopic (exact) mass is 570 g/mol. The lowest BCUT2D eigenvalue weighted by Crippen LogP contribution is -2.67. The molecule has 0 fully saturated rings. The van der Waals surface area contributed by atoms with Crippen LogP contribution in [0.1, 0.15) is 19.3 Å². The van der Waals surface area contributed by atoms with Crippen molar-refractivity contribution in [3.05, 3.63) is 163 Å². The van der Waals surface area contributed by atoms with Gasteiger partial charge in [-0.2, -0.15) is 0 Å². The Hall–Kier alpha value is -3.59. The van der Waals surface area contributed by atoms with E-state index in [9.17, 15) is 0 Å². The van der Waals surface area contributed by atoms with Crippen LogP contribution in [0.15, 0.2) is 163 Å². The summed E-state index contributed by atoms with van der Waals surface area (Å²) in [6.45, 7) is 0. The Morgan fingerprint density at radius 3 is 1.12 bits per heavy atom. The molecule has 5 aromatic carbocycles. The van der Waals surface area contributed by atoms with Crippen LogP contribution in [0.5, 0.6) is 0 Å². The van der Waals surface area contributed by atoms with E-state index in [0.29, 0.717) is 0 Å². The van der Waals surface area contributed by atoms with E-state index in [1.54, 1.807) is 0 Å². The second kappa shape index (κ2) is 12.7. The molecule has 5 heteroatoms. The van der Waals surface area contributed by atoms with Gasteiger partial charge in [-0.1, -0.05) is 158 Å². The van der Waals surface area contributed by atoms with Crippen LogP contribution >= 0.6 is 0 Å². The lowest BCUT2D eigenvalue weighted by atomic mass is 10.4. The molecular weight excluding hydrogens is 537 g/mol. The minimum Gasteiger partial charge on any atom is -0.424 e. The Kier molecular flexibility index (Phi) is 8.47. The van der Waals surface area contributed by atoms with E-state index >= 15 is 0 Å². The zero-order chi connectivity index (χ0) is 27.0. The Labute approximate surface area is 242 Å². The van der Waals surface area contributed by atoms with E-state index in [1.165, 1.54) is 31.1 Å². The molecule has 198 valence electrons. The highest BCUT2D eigenvalue weighted by atomic mass is 28.5. The molecule has 2 nitrogen and oxygen atoms in total. The smallest absolute Gasteiger partial charge is 0.382 e. The molecule has 0 aliphatic heterocycles. The summed E-state index contributed by atoms with van der Waals surface area (Å²) < 4.78 is 15.6. The Morgan fingerprint density at radius 2 is 0.800 bits per heavy atom. The molecule has 0 N–H and O–H groups in total. The molecule has 0 bridgehead atoms. The number of hydrogen-bond donors (Lipinski definition) is 0. The predicted molar refractivity (Wildman–Crippen MR) is 175 cm³/mol. The molecule has 1 aliphatic rings. The summed E-state index contributed by atoms with van der Waals surface area (Å²) in [5.74, 6) is 0. The maximum Gasteiger partial charge on any atom is 0.382 e. The molecule has 0 heterocycles. The van der Waals surface area contributed by atoms with Crippen LogP contribution in [0.2, 0.25) is 0 Å². The average Bonchev–Trinajstić information content (AvgIpc) is 3.59. The minimum atomic E-state index is -3.11. The van der Waals surface area contributed by atoms with E-state index < -0.39 is 26.6 Å². The van der Waals surface area contributed by atoms with Crippen LogP contribution in [0.4, 0.5) is 0 Å². The van der Waals surface area contributed by atoms with Crippen molar-refractivity contribution in [2.24, 2.45) is 0 Å². The van der Waals surface area contributed by atoms with Crippen molar-refractivity contribution in [3.63, 3.8) is 0 Å². The topological polar surface area (TPSA) is 18.5 Å².